The van der Waals surface area contributed by atoms with Crippen molar-refractivity contribution in [3.05, 3.63) is 48.6 Å². The van der Waals surface area contributed by atoms with E-state index in [1.54, 1.807) is 0 Å². The SMILES string of the molecule is CCCCCCCCC/C=C/C/C=C/C/C=C/C/C=C/CCCC(=O)OC[C@@H](COP(=O)(O)OCC[N+](C)(C)C)OC(=O)CCCCCCCCC. The van der Waals surface area contributed by atoms with Gasteiger partial charge in [-0.15, -0.1) is 0 Å². The number of phosphoric acid groups is 1. The molecule has 0 aromatic carbocycles. The highest BCUT2D eigenvalue weighted by molar-refractivity contribution is 7.47. The van der Waals surface area contributed by atoms with Crippen LogP contribution in [0.2, 0.25) is 0 Å². The molecule has 0 aromatic heterocycles. The minimum atomic E-state index is -4.37. The van der Waals surface area contributed by atoms with Crippen LogP contribution in [0, 0.1) is 0 Å². The summed E-state index contributed by atoms with van der Waals surface area (Å²) in [5.41, 5.74) is 0. The normalized spacial score (nSPS) is 14.2. The molecule has 0 fully saturated rings. The van der Waals surface area contributed by atoms with Gasteiger partial charge in [0.15, 0.2) is 6.10 Å². The molecule has 10 heteroatoms. The number of hydrogen-bond donors (Lipinski definition) is 1. The van der Waals surface area contributed by atoms with Crippen LogP contribution >= 0.6 is 7.82 Å². The first kappa shape index (κ1) is 50.0. The second-order valence-corrected chi connectivity index (χ2v) is 16.1. The van der Waals surface area contributed by atoms with Crippen molar-refractivity contribution in [3.8, 4) is 0 Å². The number of esters is 2. The second kappa shape index (κ2) is 34.7. The maximum atomic E-state index is 12.5. The van der Waals surface area contributed by atoms with E-state index in [1.807, 2.05) is 21.1 Å². The van der Waals surface area contributed by atoms with Gasteiger partial charge in [0.2, 0.25) is 0 Å². The molecule has 0 aliphatic carbocycles. The predicted molar refractivity (Wildman–Crippen MR) is 215 cm³/mol. The molecule has 0 saturated carbocycles. The molecular formula is C42H77NO8P+. The zero-order chi connectivity index (χ0) is 38.6. The average Bonchev–Trinajstić information content (AvgIpc) is 3.09. The number of likely N-dealkylation sites (N-methyl/N-ethyl adjacent to an activating group) is 1. The molecule has 302 valence electrons. The van der Waals surface area contributed by atoms with Crippen molar-refractivity contribution in [1.82, 2.24) is 0 Å². The molecule has 9 nitrogen and oxygen atoms in total. The third-order valence-corrected chi connectivity index (χ3v) is 9.35. The predicted octanol–water partition coefficient (Wildman–Crippen LogP) is 11.1. The quantitative estimate of drug-likeness (QED) is 0.0221. The third kappa shape index (κ3) is 37.7. The van der Waals surface area contributed by atoms with Crippen LogP contribution in [0.15, 0.2) is 48.6 Å². The molecule has 0 aliphatic rings. The van der Waals surface area contributed by atoms with Crippen LogP contribution in [0.3, 0.4) is 0 Å². The fraction of sp³-hybridized carbons (Fsp3) is 0.762. The van der Waals surface area contributed by atoms with Crippen molar-refractivity contribution in [2.45, 2.75) is 161 Å². The minimum absolute atomic E-state index is 0.0224. The van der Waals surface area contributed by atoms with E-state index in [1.165, 1.54) is 70.6 Å². The van der Waals surface area contributed by atoms with Crippen molar-refractivity contribution in [3.63, 3.8) is 0 Å². The highest BCUT2D eigenvalue weighted by Gasteiger charge is 2.27. The molecule has 1 N–H and O–H groups in total. The number of allylic oxidation sites excluding steroid dienone is 8. The van der Waals surface area contributed by atoms with Crippen molar-refractivity contribution in [1.29, 1.82) is 0 Å². The van der Waals surface area contributed by atoms with Gasteiger partial charge in [-0.1, -0.05) is 140 Å². The summed E-state index contributed by atoms with van der Waals surface area (Å²) in [4.78, 5) is 35.0. The van der Waals surface area contributed by atoms with Gasteiger partial charge < -0.3 is 18.9 Å². The van der Waals surface area contributed by atoms with Crippen molar-refractivity contribution in [2.75, 3.05) is 47.5 Å². The molecule has 0 aromatic rings. The van der Waals surface area contributed by atoms with E-state index in [2.05, 4.69) is 62.5 Å². The summed E-state index contributed by atoms with van der Waals surface area (Å²) in [5.74, 6) is -0.874. The van der Waals surface area contributed by atoms with Gasteiger partial charge >= 0.3 is 19.8 Å². The smallest absolute Gasteiger partial charge is 0.462 e. The lowest BCUT2D eigenvalue weighted by atomic mass is 10.1. The van der Waals surface area contributed by atoms with Gasteiger partial charge in [0, 0.05) is 12.8 Å². The number of quaternary nitrogens is 1. The Morgan fingerprint density at radius 3 is 1.60 bits per heavy atom. The van der Waals surface area contributed by atoms with E-state index < -0.39 is 32.5 Å². The van der Waals surface area contributed by atoms with E-state index in [0.29, 0.717) is 23.9 Å². The van der Waals surface area contributed by atoms with Crippen molar-refractivity contribution >= 4 is 19.8 Å². The lowest BCUT2D eigenvalue weighted by molar-refractivity contribution is -0.870. The molecular weight excluding hydrogens is 677 g/mol. The molecule has 0 radical (unpaired) electrons. The van der Waals surface area contributed by atoms with Gasteiger partial charge in [0.25, 0.3) is 0 Å². The maximum absolute atomic E-state index is 12.5. The summed E-state index contributed by atoms with van der Waals surface area (Å²) in [7, 11) is 1.44. The number of carbonyl (C=O) groups is 2. The molecule has 0 spiro atoms. The number of phosphoric ester groups is 1. The van der Waals surface area contributed by atoms with E-state index in [4.69, 9.17) is 18.5 Å². The van der Waals surface area contributed by atoms with Crippen LogP contribution in [0.4, 0.5) is 0 Å². The van der Waals surface area contributed by atoms with Crippen LogP contribution < -0.4 is 0 Å². The molecule has 0 rings (SSSR count). The summed E-state index contributed by atoms with van der Waals surface area (Å²) in [6.07, 6.45) is 39.1. The van der Waals surface area contributed by atoms with Gasteiger partial charge in [0.1, 0.15) is 19.8 Å². The second-order valence-electron chi connectivity index (χ2n) is 14.7. The van der Waals surface area contributed by atoms with Crippen molar-refractivity contribution in [2.24, 2.45) is 0 Å². The molecule has 1 unspecified atom stereocenters. The Morgan fingerprint density at radius 1 is 0.596 bits per heavy atom. The molecule has 0 aliphatic heterocycles. The molecule has 0 saturated heterocycles. The lowest BCUT2D eigenvalue weighted by Crippen LogP contribution is -2.37. The highest BCUT2D eigenvalue weighted by atomic mass is 31.2. The Hall–Kier alpha value is -2.03. The first-order chi connectivity index (χ1) is 25.0. The van der Waals surface area contributed by atoms with E-state index >= 15 is 0 Å². The Balaban J connectivity index is 4.36. The van der Waals surface area contributed by atoms with Crippen molar-refractivity contribution < 1.29 is 42.1 Å². The fourth-order valence-electron chi connectivity index (χ4n) is 5.12. The van der Waals surface area contributed by atoms with Gasteiger partial charge in [-0.3, -0.25) is 18.6 Å². The number of hydrogen-bond acceptors (Lipinski definition) is 7. The Morgan fingerprint density at radius 2 is 1.06 bits per heavy atom. The summed E-state index contributed by atoms with van der Waals surface area (Å²) in [6.45, 7) is 4.28. The first-order valence-corrected chi connectivity index (χ1v) is 21.9. The number of nitrogens with zero attached hydrogens (tertiary/aromatic N) is 1. The van der Waals surface area contributed by atoms with Gasteiger partial charge in [0.05, 0.1) is 27.7 Å². The Labute approximate surface area is 318 Å². The number of unbranched alkanes of at least 4 members (excludes halogenated alkanes) is 14. The lowest BCUT2D eigenvalue weighted by Gasteiger charge is -2.24. The Bertz CT molecular complexity index is 1030. The summed E-state index contributed by atoms with van der Waals surface area (Å²) < 4.78 is 34.0. The van der Waals surface area contributed by atoms with Crippen LogP contribution in [0.1, 0.15) is 155 Å². The van der Waals surface area contributed by atoms with E-state index in [0.717, 1.165) is 44.9 Å². The van der Waals surface area contributed by atoms with Gasteiger partial charge in [-0.05, 0) is 51.4 Å². The minimum Gasteiger partial charge on any atom is -0.462 e. The number of ether oxygens (including phenoxy) is 2. The number of carbonyl (C=O) groups excluding carboxylic acids is 2. The van der Waals surface area contributed by atoms with E-state index in [-0.39, 0.29) is 26.1 Å². The standard InChI is InChI=1S/C42H76NO8P/c1-6-8-10-12-14-15-16-17-18-19-20-21-22-23-24-25-26-27-29-30-32-34-41(44)48-38-40(39-50-52(46,47)49-37-36-43(3,4)5)51-42(45)35-33-31-28-13-11-9-7-2/h18-19,21-22,24-25,27,29,40H,6-17,20,23,26,28,30-39H2,1-5H3/p+1/b19-18+,22-21+,25-24+,29-27+/t40-/m0/s1. The highest BCUT2D eigenvalue weighted by Crippen LogP contribution is 2.43. The zero-order valence-electron chi connectivity index (χ0n) is 33.8. The summed E-state index contributed by atoms with van der Waals surface area (Å²) in [5, 5.41) is 0. The zero-order valence-corrected chi connectivity index (χ0v) is 34.7. The summed E-state index contributed by atoms with van der Waals surface area (Å²) >= 11 is 0. The first-order valence-electron chi connectivity index (χ1n) is 20.4. The van der Waals surface area contributed by atoms with Crippen LogP contribution in [-0.2, 0) is 32.7 Å². The molecule has 2 atom stereocenters. The Kier molecular flexibility index (Phi) is 33.4. The van der Waals surface area contributed by atoms with Gasteiger partial charge in [-0.2, -0.15) is 0 Å². The molecule has 0 heterocycles. The number of rotatable bonds is 36. The van der Waals surface area contributed by atoms with Crippen LogP contribution in [0.25, 0.3) is 0 Å². The van der Waals surface area contributed by atoms with Gasteiger partial charge in [-0.25, -0.2) is 4.57 Å². The maximum Gasteiger partial charge on any atom is 0.472 e. The summed E-state index contributed by atoms with van der Waals surface area (Å²) in [6, 6.07) is 0. The topological polar surface area (TPSA) is 108 Å². The molecule has 0 bridgehead atoms. The third-order valence-electron chi connectivity index (χ3n) is 8.36. The monoisotopic (exact) mass is 755 g/mol. The fourth-order valence-corrected chi connectivity index (χ4v) is 5.86. The van der Waals surface area contributed by atoms with Crippen LogP contribution in [-0.4, -0.2) is 74.9 Å². The molecule has 52 heavy (non-hydrogen) atoms. The molecule has 0 amide bonds. The average molecular weight is 755 g/mol. The van der Waals surface area contributed by atoms with Crippen LogP contribution in [0.5, 0.6) is 0 Å². The van der Waals surface area contributed by atoms with E-state index in [9.17, 15) is 19.0 Å². The largest absolute Gasteiger partial charge is 0.472 e.